The maximum absolute atomic E-state index is 14.5. The molecule has 0 bridgehead atoms. The van der Waals surface area contributed by atoms with E-state index in [0.29, 0.717) is 31.5 Å². The molecule has 2 aromatic carbocycles. The van der Waals surface area contributed by atoms with Gasteiger partial charge < -0.3 is 9.73 Å². The molecule has 0 atom stereocenters. The fraction of sp³-hybridized carbons (Fsp3) is 0.364. The Morgan fingerprint density at radius 2 is 1.96 bits per heavy atom. The second-order valence-electron chi connectivity index (χ2n) is 6.35. The smallest absolute Gasteiger partial charge is 0.127 e. The van der Waals surface area contributed by atoms with Gasteiger partial charge in [0.15, 0.2) is 0 Å². The summed E-state index contributed by atoms with van der Waals surface area (Å²) in [7, 11) is 1.66. The maximum Gasteiger partial charge on any atom is 0.127 e. The fourth-order valence-electron chi connectivity index (χ4n) is 3.03. The zero-order valence-corrected chi connectivity index (χ0v) is 15.9. The van der Waals surface area contributed by atoms with Crippen LogP contribution in [0.5, 0.6) is 5.75 Å². The van der Waals surface area contributed by atoms with Crippen LogP contribution in [0.25, 0.3) is 0 Å². The summed E-state index contributed by atoms with van der Waals surface area (Å²) in [5, 5.41) is 0. The molecule has 0 unspecified atom stereocenters. The van der Waals surface area contributed by atoms with Gasteiger partial charge in [-0.1, -0.05) is 29.8 Å². The van der Waals surface area contributed by atoms with Crippen molar-refractivity contribution in [1.29, 1.82) is 0 Å². The van der Waals surface area contributed by atoms with Crippen LogP contribution in [0.2, 0.25) is 0 Å². The van der Waals surface area contributed by atoms with Crippen LogP contribution in [0.1, 0.15) is 35.6 Å². The van der Waals surface area contributed by atoms with E-state index in [0.717, 1.165) is 29.0 Å². The second kappa shape index (κ2) is 9.85. The molecule has 0 aliphatic heterocycles. The first-order chi connectivity index (χ1) is 12.6. The van der Waals surface area contributed by atoms with E-state index in [1.165, 1.54) is 11.6 Å². The Bertz CT molecular complexity index is 784. The minimum atomic E-state index is -0.184. The highest BCUT2D eigenvalue weighted by Gasteiger charge is 2.12. The normalized spacial score (nSPS) is 11.5. The lowest BCUT2D eigenvalue weighted by Gasteiger charge is -2.13. The molecule has 0 saturated heterocycles. The first kappa shape index (κ1) is 19.8. The molecule has 2 rings (SSSR count). The number of aryl methyl sites for hydroxylation is 2. The molecule has 0 N–H and O–H groups in total. The molecule has 0 saturated carbocycles. The van der Waals surface area contributed by atoms with Crippen molar-refractivity contribution < 1.29 is 9.13 Å². The van der Waals surface area contributed by atoms with Crippen molar-refractivity contribution in [2.75, 3.05) is 20.2 Å². The molecule has 0 radical (unpaired) electrons. The quantitative estimate of drug-likeness (QED) is 0.469. The summed E-state index contributed by atoms with van der Waals surface area (Å²) in [6.45, 7) is 8.83. The molecule has 0 spiro atoms. The maximum atomic E-state index is 14.5. The summed E-state index contributed by atoms with van der Waals surface area (Å²) in [6, 6.07) is 11.3. The van der Waals surface area contributed by atoms with Crippen molar-refractivity contribution >= 4 is 12.4 Å². The van der Waals surface area contributed by atoms with Crippen LogP contribution in [0.4, 0.5) is 4.39 Å². The molecule has 0 aliphatic carbocycles. The van der Waals surface area contributed by atoms with Gasteiger partial charge in [-0.05, 0) is 63.1 Å². The number of ether oxygens (including phenoxy) is 1. The first-order valence-electron chi connectivity index (χ1n) is 8.91. The minimum absolute atomic E-state index is 0.184. The molecule has 26 heavy (non-hydrogen) atoms. The van der Waals surface area contributed by atoms with Crippen LogP contribution >= 0.6 is 0 Å². The number of halogens is 1. The molecule has 0 aromatic heterocycles. The summed E-state index contributed by atoms with van der Waals surface area (Å²) in [4.78, 5) is 8.41. The van der Waals surface area contributed by atoms with Gasteiger partial charge >= 0.3 is 0 Å². The Kier molecular flexibility index (Phi) is 7.52. The summed E-state index contributed by atoms with van der Waals surface area (Å²) < 4.78 is 19.9. The average Bonchev–Trinajstić information content (AvgIpc) is 2.64. The van der Waals surface area contributed by atoms with E-state index < -0.39 is 0 Å². The number of hydrogen-bond donors (Lipinski definition) is 0. The molecule has 0 heterocycles. The van der Waals surface area contributed by atoms with Crippen LogP contribution in [-0.2, 0) is 12.8 Å². The van der Waals surface area contributed by atoms with Crippen molar-refractivity contribution in [2.24, 2.45) is 9.98 Å². The molecular weight excluding hydrogens is 327 g/mol. The van der Waals surface area contributed by atoms with E-state index in [4.69, 9.17) is 4.74 Å². The number of aliphatic imine (C=N–C) groups is 2. The molecule has 3 nitrogen and oxygen atoms in total. The SMILES string of the molecule is C=NCCCN=C(C)c1cccc(F)c1CCc1cc(C)ccc1OC. The zero-order chi connectivity index (χ0) is 18.9. The highest BCUT2D eigenvalue weighted by atomic mass is 19.1. The molecular formula is C22H27FN2O. The monoisotopic (exact) mass is 354 g/mol. The Morgan fingerprint density at radius 1 is 1.15 bits per heavy atom. The number of benzene rings is 2. The zero-order valence-electron chi connectivity index (χ0n) is 15.9. The van der Waals surface area contributed by atoms with E-state index in [1.807, 2.05) is 32.0 Å². The molecule has 0 amide bonds. The minimum Gasteiger partial charge on any atom is -0.496 e. The number of nitrogens with zero attached hydrogens (tertiary/aromatic N) is 2. The third kappa shape index (κ3) is 5.25. The van der Waals surface area contributed by atoms with Gasteiger partial charge in [-0.2, -0.15) is 0 Å². The van der Waals surface area contributed by atoms with Crippen LogP contribution in [-0.4, -0.2) is 32.6 Å². The van der Waals surface area contributed by atoms with Gasteiger partial charge in [0, 0.05) is 24.4 Å². The van der Waals surface area contributed by atoms with Gasteiger partial charge in [0.05, 0.1) is 7.11 Å². The van der Waals surface area contributed by atoms with Crippen molar-refractivity contribution in [3.8, 4) is 5.75 Å². The molecule has 2 aromatic rings. The Hall–Kier alpha value is -2.49. The predicted molar refractivity (Wildman–Crippen MR) is 108 cm³/mol. The highest BCUT2D eigenvalue weighted by Crippen LogP contribution is 2.24. The Morgan fingerprint density at radius 3 is 2.69 bits per heavy atom. The van der Waals surface area contributed by atoms with Crippen molar-refractivity contribution in [2.45, 2.75) is 33.1 Å². The van der Waals surface area contributed by atoms with E-state index in [1.54, 1.807) is 13.2 Å². The van der Waals surface area contributed by atoms with Gasteiger partial charge in [0.25, 0.3) is 0 Å². The van der Waals surface area contributed by atoms with Crippen molar-refractivity contribution in [1.82, 2.24) is 0 Å². The highest BCUT2D eigenvalue weighted by molar-refractivity contribution is 6.00. The molecule has 0 fully saturated rings. The van der Waals surface area contributed by atoms with Crippen LogP contribution in [0.3, 0.4) is 0 Å². The van der Waals surface area contributed by atoms with Gasteiger partial charge in [0.1, 0.15) is 11.6 Å². The van der Waals surface area contributed by atoms with Gasteiger partial charge in [0.2, 0.25) is 0 Å². The predicted octanol–water partition coefficient (Wildman–Crippen LogP) is 4.83. The van der Waals surface area contributed by atoms with E-state index in [-0.39, 0.29) is 5.82 Å². The number of hydrogen-bond acceptors (Lipinski definition) is 3. The van der Waals surface area contributed by atoms with E-state index in [9.17, 15) is 4.39 Å². The van der Waals surface area contributed by atoms with E-state index >= 15 is 0 Å². The average molecular weight is 354 g/mol. The van der Waals surface area contributed by atoms with Crippen molar-refractivity contribution in [3.05, 3.63) is 64.5 Å². The lowest BCUT2D eigenvalue weighted by Crippen LogP contribution is -2.07. The molecule has 138 valence electrons. The van der Waals surface area contributed by atoms with Crippen LogP contribution < -0.4 is 4.74 Å². The summed E-state index contributed by atoms with van der Waals surface area (Å²) >= 11 is 0. The largest absolute Gasteiger partial charge is 0.496 e. The molecule has 0 aliphatic rings. The van der Waals surface area contributed by atoms with Gasteiger partial charge in [-0.3, -0.25) is 4.99 Å². The second-order valence-corrected chi connectivity index (χ2v) is 6.35. The number of rotatable bonds is 9. The Labute approximate surface area is 155 Å². The Balaban J connectivity index is 2.22. The van der Waals surface area contributed by atoms with Crippen LogP contribution in [0.15, 0.2) is 46.4 Å². The number of methoxy groups -OCH3 is 1. The third-order valence-electron chi connectivity index (χ3n) is 4.41. The summed E-state index contributed by atoms with van der Waals surface area (Å²) in [5.74, 6) is 0.659. The van der Waals surface area contributed by atoms with Gasteiger partial charge in [-0.15, -0.1) is 0 Å². The summed E-state index contributed by atoms with van der Waals surface area (Å²) in [5.41, 5.74) is 4.71. The fourth-order valence-corrected chi connectivity index (χ4v) is 3.03. The summed E-state index contributed by atoms with van der Waals surface area (Å²) in [6.07, 6.45) is 2.17. The lowest BCUT2D eigenvalue weighted by atomic mass is 9.96. The van der Waals surface area contributed by atoms with Crippen molar-refractivity contribution in [3.63, 3.8) is 0 Å². The standard InChI is InChI=1S/C22H27FN2O/c1-16-9-12-22(26-4)18(15-16)10-11-20-19(7-5-8-21(20)23)17(2)25-14-6-13-24-3/h5,7-9,12,15H,3,6,10-11,13-14H2,1-2,4H3. The molecule has 4 heteroatoms. The first-order valence-corrected chi connectivity index (χ1v) is 8.91. The lowest BCUT2D eigenvalue weighted by molar-refractivity contribution is 0.409. The van der Waals surface area contributed by atoms with Gasteiger partial charge in [-0.25, -0.2) is 4.39 Å². The van der Waals surface area contributed by atoms with E-state index in [2.05, 4.69) is 22.8 Å². The third-order valence-corrected chi connectivity index (χ3v) is 4.41. The van der Waals surface area contributed by atoms with Crippen LogP contribution in [0, 0.1) is 12.7 Å². The topological polar surface area (TPSA) is 34.0 Å².